The number of nitrogens with one attached hydrogen (secondary N) is 1. The number of aliphatic hydroxyl groups excluding tert-OH is 2. The quantitative estimate of drug-likeness (QED) is 0.0421. The van der Waals surface area contributed by atoms with Crippen LogP contribution in [0.3, 0.4) is 0 Å². The Kier molecular flexibility index (Phi) is 55.2. The third-order valence-corrected chi connectivity index (χ3v) is 13.6. The van der Waals surface area contributed by atoms with Crippen LogP contribution in [0.4, 0.5) is 0 Å². The minimum Gasteiger partial charge on any atom is -0.394 e. The summed E-state index contributed by atoms with van der Waals surface area (Å²) in [7, 11) is 0. The van der Waals surface area contributed by atoms with E-state index in [1.165, 1.54) is 238 Å². The van der Waals surface area contributed by atoms with Crippen molar-refractivity contribution < 1.29 is 15.0 Å². The van der Waals surface area contributed by atoms with E-state index in [1.807, 2.05) is 0 Å². The van der Waals surface area contributed by atoms with Crippen molar-refractivity contribution in [2.24, 2.45) is 0 Å². The summed E-state index contributed by atoms with van der Waals surface area (Å²) in [6.45, 7) is 4.27. The van der Waals surface area contributed by atoms with Gasteiger partial charge in [-0.3, -0.25) is 4.79 Å². The van der Waals surface area contributed by atoms with Crippen LogP contribution in [0.1, 0.15) is 316 Å². The Morgan fingerprint density at radius 3 is 1.02 bits per heavy atom. The van der Waals surface area contributed by atoms with Crippen LogP contribution in [-0.2, 0) is 4.79 Å². The molecule has 2 unspecified atom stereocenters. The molecular weight excluding hydrogens is 795 g/mol. The number of hydrogen-bond donors (Lipinski definition) is 3. The summed E-state index contributed by atoms with van der Waals surface area (Å²) in [6, 6.07) is -0.542. The SMILES string of the molecule is CC/C=C\C/C=C\C/C=C\C/C=C\CCCCCCCCCCCCC(=O)NC(CO)C(O)CCCCCCCCCCCCCCCCCCCCCCCCCCCCCCCC. The van der Waals surface area contributed by atoms with E-state index in [0.29, 0.717) is 12.8 Å². The number of carbonyl (C=O) groups excluding carboxylic acids is 1. The molecule has 382 valence electrons. The predicted molar refractivity (Wildman–Crippen MR) is 290 cm³/mol. The lowest BCUT2D eigenvalue weighted by Gasteiger charge is -2.22. The minimum absolute atomic E-state index is 0.0332. The van der Waals surface area contributed by atoms with Gasteiger partial charge < -0.3 is 15.5 Å². The molecule has 3 N–H and O–H groups in total. The largest absolute Gasteiger partial charge is 0.394 e. The molecule has 0 aliphatic rings. The van der Waals surface area contributed by atoms with Crippen LogP contribution in [0.5, 0.6) is 0 Å². The molecule has 2 atom stereocenters. The molecule has 0 aliphatic carbocycles. The number of amides is 1. The van der Waals surface area contributed by atoms with Crippen LogP contribution in [0.2, 0.25) is 0 Å². The second-order valence-electron chi connectivity index (χ2n) is 20.0. The molecule has 0 saturated heterocycles. The van der Waals surface area contributed by atoms with E-state index < -0.39 is 12.1 Å². The van der Waals surface area contributed by atoms with Crippen molar-refractivity contribution in [3.8, 4) is 0 Å². The smallest absolute Gasteiger partial charge is 0.220 e. The highest BCUT2D eigenvalue weighted by molar-refractivity contribution is 5.76. The van der Waals surface area contributed by atoms with Gasteiger partial charge in [0.25, 0.3) is 0 Å². The lowest BCUT2D eigenvalue weighted by molar-refractivity contribution is -0.123. The Balaban J connectivity index is 3.44. The third-order valence-electron chi connectivity index (χ3n) is 13.6. The van der Waals surface area contributed by atoms with Crippen molar-refractivity contribution in [1.29, 1.82) is 0 Å². The highest BCUT2D eigenvalue weighted by Gasteiger charge is 2.20. The Morgan fingerprint density at radius 1 is 0.385 bits per heavy atom. The zero-order valence-electron chi connectivity index (χ0n) is 44.0. The third kappa shape index (κ3) is 53.2. The van der Waals surface area contributed by atoms with E-state index in [9.17, 15) is 15.0 Å². The molecule has 0 saturated carbocycles. The van der Waals surface area contributed by atoms with Gasteiger partial charge in [-0.05, 0) is 51.4 Å². The number of allylic oxidation sites excluding steroid dienone is 8. The van der Waals surface area contributed by atoms with Gasteiger partial charge in [0, 0.05) is 6.42 Å². The highest BCUT2D eigenvalue weighted by atomic mass is 16.3. The van der Waals surface area contributed by atoms with Crippen LogP contribution in [0, 0.1) is 0 Å². The van der Waals surface area contributed by atoms with Crippen LogP contribution in [0.25, 0.3) is 0 Å². The standard InChI is InChI=1S/C61H115NO3/c1-3-5-7-9-11-13-15-17-19-21-23-25-27-28-29-30-31-32-33-35-36-38-40-42-44-46-48-50-52-54-56-60(64)59(58-63)62-61(65)57-55-53-51-49-47-45-43-41-39-37-34-26-24-22-20-18-16-14-12-10-8-6-4-2/h6,8,12,14,18,20,24,26,59-60,63-64H,3-5,7,9-11,13,15-17,19,21-23,25,27-58H2,1-2H3,(H,62,65)/b8-6-,14-12-,20-18-,26-24-. The number of hydrogen-bond acceptors (Lipinski definition) is 3. The van der Waals surface area contributed by atoms with Crippen molar-refractivity contribution in [3.63, 3.8) is 0 Å². The molecule has 0 heterocycles. The molecule has 4 nitrogen and oxygen atoms in total. The highest BCUT2D eigenvalue weighted by Crippen LogP contribution is 2.18. The van der Waals surface area contributed by atoms with E-state index in [1.54, 1.807) is 0 Å². The van der Waals surface area contributed by atoms with Gasteiger partial charge in [0.2, 0.25) is 5.91 Å². The Bertz CT molecular complexity index is 1030. The van der Waals surface area contributed by atoms with Crippen LogP contribution in [0.15, 0.2) is 48.6 Å². The second-order valence-corrected chi connectivity index (χ2v) is 20.0. The Hall–Kier alpha value is -1.65. The second kappa shape index (κ2) is 56.7. The lowest BCUT2D eigenvalue weighted by Crippen LogP contribution is -2.45. The topological polar surface area (TPSA) is 69.6 Å². The monoisotopic (exact) mass is 910 g/mol. The van der Waals surface area contributed by atoms with Crippen molar-refractivity contribution in [2.45, 2.75) is 328 Å². The fourth-order valence-corrected chi connectivity index (χ4v) is 9.18. The molecular formula is C61H115NO3. The zero-order chi connectivity index (χ0) is 47.0. The summed E-state index contributed by atoms with van der Waals surface area (Å²) in [5.74, 6) is -0.0332. The first-order valence-corrected chi connectivity index (χ1v) is 29.3. The van der Waals surface area contributed by atoms with E-state index in [2.05, 4.69) is 67.8 Å². The summed E-state index contributed by atoms with van der Waals surface area (Å²) >= 11 is 0. The van der Waals surface area contributed by atoms with E-state index >= 15 is 0 Å². The van der Waals surface area contributed by atoms with Crippen molar-refractivity contribution in [3.05, 3.63) is 48.6 Å². The first-order chi connectivity index (χ1) is 32.2. The molecule has 4 heteroatoms. The maximum absolute atomic E-state index is 12.5. The molecule has 0 rings (SSSR count). The maximum atomic E-state index is 12.5. The summed E-state index contributed by atoms with van der Waals surface area (Å²) in [6.07, 6.45) is 78.3. The molecule has 0 aromatic carbocycles. The number of rotatable bonds is 54. The first-order valence-electron chi connectivity index (χ1n) is 29.3. The average molecular weight is 911 g/mol. The van der Waals surface area contributed by atoms with Gasteiger partial charge >= 0.3 is 0 Å². The number of aliphatic hydroxyl groups is 2. The van der Waals surface area contributed by atoms with Crippen LogP contribution >= 0.6 is 0 Å². The molecule has 0 aliphatic heterocycles. The predicted octanol–water partition coefficient (Wildman–Crippen LogP) is 19.4. The lowest BCUT2D eigenvalue weighted by atomic mass is 10.0. The van der Waals surface area contributed by atoms with Crippen LogP contribution in [-0.4, -0.2) is 34.9 Å². The molecule has 0 aromatic heterocycles. The summed E-state index contributed by atoms with van der Waals surface area (Å²) in [5, 5.41) is 23.4. The fourth-order valence-electron chi connectivity index (χ4n) is 9.18. The van der Waals surface area contributed by atoms with Crippen molar-refractivity contribution >= 4 is 5.91 Å². The van der Waals surface area contributed by atoms with Crippen molar-refractivity contribution in [2.75, 3.05) is 6.61 Å². The number of unbranched alkanes of at least 4 members (excludes halogenated alkanes) is 39. The van der Waals surface area contributed by atoms with Gasteiger partial charge in [-0.15, -0.1) is 0 Å². The summed E-state index contributed by atoms with van der Waals surface area (Å²) in [5.41, 5.74) is 0. The van der Waals surface area contributed by atoms with Gasteiger partial charge in [-0.25, -0.2) is 0 Å². The minimum atomic E-state index is -0.664. The molecule has 0 fully saturated rings. The van der Waals surface area contributed by atoms with Gasteiger partial charge in [0.15, 0.2) is 0 Å². The average Bonchev–Trinajstić information content (AvgIpc) is 3.31. The molecule has 65 heavy (non-hydrogen) atoms. The number of carbonyl (C=O) groups is 1. The summed E-state index contributed by atoms with van der Waals surface area (Å²) in [4.78, 5) is 12.5. The Morgan fingerprint density at radius 2 is 0.677 bits per heavy atom. The van der Waals surface area contributed by atoms with Crippen LogP contribution < -0.4 is 5.32 Å². The van der Waals surface area contributed by atoms with Gasteiger partial charge in [-0.1, -0.05) is 306 Å². The fraction of sp³-hybridized carbons (Fsp3) is 0.852. The zero-order valence-corrected chi connectivity index (χ0v) is 44.0. The Labute approximate surface area is 407 Å². The van der Waals surface area contributed by atoms with E-state index in [0.717, 1.165) is 51.4 Å². The van der Waals surface area contributed by atoms with Gasteiger partial charge in [0.1, 0.15) is 0 Å². The van der Waals surface area contributed by atoms with E-state index in [-0.39, 0.29) is 12.5 Å². The molecule has 1 amide bonds. The van der Waals surface area contributed by atoms with Crippen molar-refractivity contribution in [1.82, 2.24) is 5.32 Å². The molecule has 0 radical (unpaired) electrons. The first kappa shape index (κ1) is 63.4. The maximum Gasteiger partial charge on any atom is 0.220 e. The normalized spacial score (nSPS) is 13.1. The molecule has 0 bridgehead atoms. The molecule has 0 spiro atoms. The van der Waals surface area contributed by atoms with Gasteiger partial charge in [0.05, 0.1) is 18.8 Å². The van der Waals surface area contributed by atoms with Gasteiger partial charge in [-0.2, -0.15) is 0 Å². The summed E-state index contributed by atoms with van der Waals surface area (Å²) < 4.78 is 0. The van der Waals surface area contributed by atoms with E-state index in [4.69, 9.17) is 0 Å². The molecule has 0 aromatic rings.